The summed E-state index contributed by atoms with van der Waals surface area (Å²) >= 11 is 3.49. The average Bonchev–Trinajstić information content (AvgIpc) is 2.69. The quantitative estimate of drug-likeness (QED) is 0.559. The topological polar surface area (TPSA) is 32.3 Å². The van der Waals surface area contributed by atoms with Gasteiger partial charge in [0.1, 0.15) is 0 Å². The standard InChI is InChI=1S/C23H21BrN2O/c1-16-14-22(20-12-5-6-13-21(20)25-16)26(19-10-3-2-4-11-19)23(27)17-8-7-9-18(24)15-17/h2-13,15-16,22,25H,14H2,1H3/t16-,22+/m0/s1. The number of carbonyl (C=O) groups is 1. The molecular weight excluding hydrogens is 400 g/mol. The molecule has 0 saturated heterocycles. The van der Waals surface area contributed by atoms with E-state index in [0.29, 0.717) is 5.56 Å². The first-order valence-corrected chi connectivity index (χ1v) is 9.92. The molecule has 0 fully saturated rings. The minimum atomic E-state index is -0.0219. The van der Waals surface area contributed by atoms with Gasteiger partial charge in [0.05, 0.1) is 6.04 Å². The molecule has 0 aromatic heterocycles. The van der Waals surface area contributed by atoms with E-state index in [1.54, 1.807) is 0 Å². The Hall–Kier alpha value is -2.59. The fourth-order valence-electron chi connectivity index (χ4n) is 3.74. The number of hydrogen-bond acceptors (Lipinski definition) is 2. The maximum atomic E-state index is 13.6. The lowest BCUT2D eigenvalue weighted by atomic mass is 9.91. The van der Waals surface area contributed by atoms with Gasteiger partial charge in [-0.25, -0.2) is 0 Å². The zero-order valence-corrected chi connectivity index (χ0v) is 16.7. The Morgan fingerprint density at radius 3 is 2.52 bits per heavy atom. The molecule has 1 aliphatic heterocycles. The van der Waals surface area contributed by atoms with E-state index in [1.807, 2.05) is 71.6 Å². The van der Waals surface area contributed by atoms with Gasteiger partial charge in [0.15, 0.2) is 0 Å². The number of nitrogens with zero attached hydrogens (tertiary/aromatic N) is 1. The molecule has 1 N–H and O–H groups in total. The van der Waals surface area contributed by atoms with Gasteiger partial charge in [0, 0.05) is 27.5 Å². The second kappa shape index (κ2) is 7.57. The number of rotatable bonds is 3. The summed E-state index contributed by atoms with van der Waals surface area (Å²) in [5, 5.41) is 3.54. The first-order valence-electron chi connectivity index (χ1n) is 9.13. The molecule has 0 aliphatic carbocycles. The van der Waals surface area contributed by atoms with Crippen LogP contribution in [0.2, 0.25) is 0 Å². The number of anilines is 2. The van der Waals surface area contributed by atoms with Crippen LogP contribution in [0.3, 0.4) is 0 Å². The summed E-state index contributed by atoms with van der Waals surface area (Å²) in [6.07, 6.45) is 0.853. The first kappa shape index (κ1) is 17.8. The van der Waals surface area contributed by atoms with E-state index in [-0.39, 0.29) is 18.0 Å². The molecule has 1 aliphatic rings. The van der Waals surface area contributed by atoms with Crippen molar-refractivity contribution in [3.63, 3.8) is 0 Å². The van der Waals surface area contributed by atoms with Crippen LogP contribution in [-0.4, -0.2) is 11.9 Å². The highest BCUT2D eigenvalue weighted by atomic mass is 79.9. The molecule has 0 unspecified atom stereocenters. The molecule has 3 nitrogen and oxygen atoms in total. The molecule has 2 atom stereocenters. The highest BCUT2D eigenvalue weighted by molar-refractivity contribution is 9.10. The lowest BCUT2D eigenvalue weighted by Gasteiger charge is -2.39. The maximum absolute atomic E-state index is 13.6. The fraction of sp³-hybridized carbons (Fsp3) is 0.174. The molecule has 4 heteroatoms. The maximum Gasteiger partial charge on any atom is 0.258 e. The Kier molecular flexibility index (Phi) is 4.99. The Labute approximate surface area is 168 Å². The lowest BCUT2D eigenvalue weighted by Crippen LogP contribution is -2.40. The van der Waals surface area contributed by atoms with Crippen LogP contribution in [0, 0.1) is 0 Å². The Morgan fingerprint density at radius 2 is 1.74 bits per heavy atom. The predicted octanol–water partition coefficient (Wildman–Crippen LogP) is 6.04. The molecular formula is C23H21BrN2O. The summed E-state index contributed by atoms with van der Waals surface area (Å²) in [5.74, 6) is 0.0106. The number of fused-ring (bicyclic) bond motifs is 1. The molecule has 3 aromatic carbocycles. The van der Waals surface area contributed by atoms with Crippen molar-refractivity contribution in [3.05, 3.63) is 94.5 Å². The highest BCUT2D eigenvalue weighted by Crippen LogP contribution is 2.39. The molecule has 27 heavy (non-hydrogen) atoms. The second-order valence-electron chi connectivity index (χ2n) is 6.91. The zero-order valence-electron chi connectivity index (χ0n) is 15.1. The van der Waals surface area contributed by atoms with E-state index in [1.165, 1.54) is 0 Å². The van der Waals surface area contributed by atoms with Gasteiger partial charge < -0.3 is 10.2 Å². The minimum absolute atomic E-state index is 0.0106. The summed E-state index contributed by atoms with van der Waals surface area (Å²) in [4.78, 5) is 15.5. The van der Waals surface area contributed by atoms with Crippen LogP contribution in [0.5, 0.6) is 0 Å². The summed E-state index contributed by atoms with van der Waals surface area (Å²) in [6, 6.07) is 26.1. The number of amides is 1. The smallest absolute Gasteiger partial charge is 0.258 e. The van der Waals surface area contributed by atoms with Crippen LogP contribution >= 0.6 is 15.9 Å². The van der Waals surface area contributed by atoms with Gasteiger partial charge in [0.2, 0.25) is 0 Å². The molecule has 0 spiro atoms. The van der Waals surface area contributed by atoms with Crippen molar-refractivity contribution in [2.45, 2.75) is 25.4 Å². The molecule has 0 radical (unpaired) electrons. The SMILES string of the molecule is C[C@H]1C[C@@H](N(C(=O)c2cccc(Br)c2)c2ccccc2)c2ccccc2N1. The average molecular weight is 421 g/mol. The van der Waals surface area contributed by atoms with Crippen LogP contribution in [0.25, 0.3) is 0 Å². The molecule has 136 valence electrons. The van der Waals surface area contributed by atoms with E-state index >= 15 is 0 Å². The molecule has 0 saturated carbocycles. The van der Waals surface area contributed by atoms with Gasteiger partial charge in [0.25, 0.3) is 5.91 Å². The van der Waals surface area contributed by atoms with Gasteiger partial charge in [-0.2, -0.15) is 0 Å². The third-order valence-electron chi connectivity index (χ3n) is 4.93. The van der Waals surface area contributed by atoms with E-state index in [4.69, 9.17) is 0 Å². The van der Waals surface area contributed by atoms with Crippen LogP contribution in [0.1, 0.15) is 35.3 Å². The Balaban J connectivity index is 1.83. The largest absolute Gasteiger partial charge is 0.382 e. The van der Waals surface area contributed by atoms with Crippen molar-refractivity contribution < 1.29 is 4.79 Å². The number of benzene rings is 3. The third-order valence-corrected chi connectivity index (χ3v) is 5.43. The van der Waals surface area contributed by atoms with Gasteiger partial charge in [-0.1, -0.05) is 58.4 Å². The van der Waals surface area contributed by atoms with Gasteiger partial charge in [-0.05, 0) is 55.3 Å². The van der Waals surface area contributed by atoms with Crippen LogP contribution < -0.4 is 10.2 Å². The number of halogens is 1. The number of nitrogens with one attached hydrogen (secondary N) is 1. The van der Waals surface area contributed by atoms with Crippen LogP contribution in [-0.2, 0) is 0 Å². The summed E-state index contributed by atoms with van der Waals surface area (Å²) in [6.45, 7) is 2.16. The van der Waals surface area contributed by atoms with Gasteiger partial charge in [-0.3, -0.25) is 4.79 Å². The minimum Gasteiger partial charge on any atom is -0.382 e. The Morgan fingerprint density at radius 1 is 1.00 bits per heavy atom. The lowest BCUT2D eigenvalue weighted by molar-refractivity contribution is 0.0974. The third kappa shape index (κ3) is 3.62. The monoisotopic (exact) mass is 420 g/mol. The van der Waals surface area contributed by atoms with Gasteiger partial charge >= 0.3 is 0 Å². The molecule has 1 amide bonds. The van der Waals surface area contributed by atoms with Crippen LogP contribution in [0.15, 0.2) is 83.3 Å². The van der Waals surface area contributed by atoms with E-state index in [9.17, 15) is 4.79 Å². The van der Waals surface area contributed by atoms with Crippen molar-refractivity contribution in [2.75, 3.05) is 10.2 Å². The second-order valence-corrected chi connectivity index (χ2v) is 7.82. The van der Waals surface area contributed by atoms with Crippen molar-refractivity contribution in [3.8, 4) is 0 Å². The van der Waals surface area contributed by atoms with Crippen molar-refractivity contribution in [1.29, 1.82) is 0 Å². The normalized spacial score (nSPS) is 18.3. The van der Waals surface area contributed by atoms with Crippen molar-refractivity contribution in [2.24, 2.45) is 0 Å². The van der Waals surface area contributed by atoms with Crippen molar-refractivity contribution >= 4 is 33.2 Å². The number of hydrogen-bond donors (Lipinski definition) is 1. The highest BCUT2D eigenvalue weighted by Gasteiger charge is 2.33. The van der Waals surface area contributed by atoms with Crippen LogP contribution in [0.4, 0.5) is 11.4 Å². The zero-order chi connectivity index (χ0) is 18.8. The van der Waals surface area contributed by atoms with E-state index in [2.05, 4.69) is 40.3 Å². The Bertz CT molecular complexity index is 957. The molecule has 4 rings (SSSR count). The first-order chi connectivity index (χ1) is 13.1. The number of para-hydroxylation sites is 2. The summed E-state index contributed by atoms with van der Waals surface area (Å²) in [7, 11) is 0. The van der Waals surface area contributed by atoms with E-state index in [0.717, 1.165) is 27.8 Å². The fourth-order valence-corrected chi connectivity index (χ4v) is 4.14. The molecule has 1 heterocycles. The van der Waals surface area contributed by atoms with Crippen molar-refractivity contribution in [1.82, 2.24) is 0 Å². The summed E-state index contributed by atoms with van der Waals surface area (Å²) in [5.41, 5.74) is 3.85. The molecule has 0 bridgehead atoms. The number of carbonyl (C=O) groups excluding carboxylic acids is 1. The summed E-state index contributed by atoms with van der Waals surface area (Å²) < 4.78 is 0.903. The predicted molar refractivity (Wildman–Crippen MR) is 114 cm³/mol. The van der Waals surface area contributed by atoms with E-state index < -0.39 is 0 Å². The molecule has 3 aromatic rings. The van der Waals surface area contributed by atoms with Gasteiger partial charge in [-0.15, -0.1) is 0 Å².